The van der Waals surface area contributed by atoms with Gasteiger partial charge in [0.1, 0.15) is 0 Å². The predicted octanol–water partition coefficient (Wildman–Crippen LogP) is 2.89. The highest BCUT2D eigenvalue weighted by Crippen LogP contribution is 2.37. The molecule has 0 radical (unpaired) electrons. The molecule has 4 heterocycles. The van der Waals surface area contributed by atoms with E-state index in [1.807, 2.05) is 24.4 Å². The highest BCUT2D eigenvalue weighted by Gasteiger charge is 2.35. The van der Waals surface area contributed by atoms with E-state index in [2.05, 4.69) is 38.1 Å². The molecule has 2 bridgehead atoms. The summed E-state index contributed by atoms with van der Waals surface area (Å²) in [5.74, 6) is 1.78. The number of aromatic nitrogens is 2. The fraction of sp³-hybridized carbons (Fsp3) is 0.438. The number of nitrogens with zero attached hydrogens (tertiary/aromatic N) is 3. The average molecular weight is 268 g/mol. The minimum atomic E-state index is 0.575. The first-order valence-electron chi connectivity index (χ1n) is 7.47. The maximum atomic E-state index is 4.50. The van der Waals surface area contributed by atoms with Crippen molar-refractivity contribution in [2.75, 3.05) is 25.0 Å². The molecule has 2 aromatic rings. The van der Waals surface area contributed by atoms with Gasteiger partial charge in [-0.15, -0.1) is 0 Å². The smallest absolute Gasteiger partial charge is 0.207 e. The Morgan fingerprint density at radius 2 is 1.90 bits per heavy atom. The van der Waals surface area contributed by atoms with Gasteiger partial charge in [-0.05, 0) is 44.0 Å². The van der Waals surface area contributed by atoms with Crippen LogP contribution >= 0.6 is 0 Å². The molecule has 3 saturated heterocycles. The number of anilines is 2. The van der Waals surface area contributed by atoms with E-state index in [-0.39, 0.29) is 0 Å². The molecule has 3 aliphatic heterocycles. The Morgan fingerprint density at radius 3 is 2.60 bits per heavy atom. The van der Waals surface area contributed by atoms with Crippen LogP contribution in [-0.4, -0.2) is 34.1 Å². The van der Waals surface area contributed by atoms with Gasteiger partial charge in [-0.1, -0.05) is 18.2 Å². The second-order valence-corrected chi connectivity index (χ2v) is 5.85. The summed E-state index contributed by atoms with van der Waals surface area (Å²) in [4.78, 5) is 7.08. The number of nitrogens with one attached hydrogen (secondary N) is 1. The van der Waals surface area contributed by atoms with Crippen LogP contribution in [-0.2, 0) is 0 Å². The summed E-state index contributed by atoms with van der Waals surface area (Å²) in [5.41, 5.74) is 1.10. The van der Waals surface area contributed by atoms with E-state index in [0.29, 0.717) is 6.04 Å². The zero-order valence-electron chi connectivity index (χ0n) is 11.6. The molecule has 1 unspecified atom stereocenters. The highest BCUT2D eigenvalue weighted by molar-refractivity contribution is 5.53. The Balaban J connectivity index is 1.59. The van der Waals surface area contributed by atoms with Crippen molar-refractivity contribution < 1.29 is 0 Å². The molecule has 0 aliphatic carbocycles. The fourth-order valence-electron chi connectivity index (χ4n) is 3.58. The summed E-state index contributed by atoms with van der Waals surface area (Å²) in [5, 5.41) is 3.44. The molecule has 5 rings (SSSR count). The first kappa shape index (κ1) is 12.0. The molecule has 0 spiro atoms. The number of fused-ring (bicyclic) bond motifs is 3. The van der Waals surface area contributed by atoms with Crippen LogP contribution in [0.4, 0.5) is 11.6 Å². The van der Waals surface area contributed by atoms with Gasteiger partial charge < -0.3 is 14.8 Å². The molecule has 104 valence electrons. The van der Waals surface area contributed by atoms with Crippen molar-refractivity contribution in [2.24, 2.45) is 5.92 Å². The molecule has 0 saturated carbocycles. The summed E-state index contributed by atoms with van der Waals surface area (Å²) in [6, 6.07) is 10.9. The summed E-state index contributed by atoms with van der Waals surface area (Å²) < 4.78 is 2.34. The van der Waals surface area contributed by atoms with Crippen molar-refractivity contribution in [3.05, 3.63) is 42.7 Å². The second kappa shape index (κ2) is 4.94. The predicted molar refractivity (Wildman–Crippen MR) is 80.2 cm³/mol. The van der Waals surface area contributed by atoms with Crippen LogP contribution in [0.3, 0.4) is 0 Å². The van der Waals surface area contributed by atoms with Gasteiger partial charge in [-0.2, -0.15) is 0 Å². The summed E-state index contributed by atoms with van der Waals surface area (Å²) in [6.45, 7) is 3.72. The van der Waals surface area contributed by atoms with Crippen molar-refractivity contribution in [3.8, 4) is 0 Å². The molecule has 1 aromatic carbocycles. The van der Waals surface area contributed by atoms with Crippen LogP contribution < -0.4 is 5.32 Å². The maximum absolute atomic E-state index is 4.50. The summed E-state index contributed by atoms with van der Waals surface area (Å²) in [6.07, 6.45) is 6.68. The fourth-order valence-corrected chi connectivity index (χ4v) is 3.58. The van der Waals surface area contributed by atoms with E-state index in [4.69, 9.17) is 0 Å². The molecule has 4 heteroatoms. The molecular weight excluding hydrogens is 248 g/mol. The SMILES string of the molecule is c1ccc(Nc2nccn2C2CN3CCC2CC3)cc1. The van der Waals surface area contributed by atoms with Crippen molar-refractivity contribution in [1.29, 1.82) is 0 Å². The molecule has 1 atom stereocenters. The lowest BCUT2D eigenvalue weighted by molar-refractivity contribution is 0.0580. The Labute approximate surface area is 119 Å². The van der Waals surface area contributed by atoms with Gasteiger partial charge >= 0.3 is 0 Å². The third-order valence-electron chi connectivity index (χ3n) is 4.68. The Kier molecular flexibility index (Phi) is 2.96. The van der Waals surface area contributed by atoms with Crippen molar-refractivity contribution >= 4 is 11.6 Å². The van der Waals surface area contributed by atoms with E-state index >= 15 is 0 Å². The number of hydrogen-bond donors (Lipinski definition) is 1. The molecule has 4 nitrogen and oxygen atoms in total. The van der Waals surface area contributed by atoms with Crippen LogP contribution in [0, 0.1) is 5.92 Å². The van der Waals surface area contributed by atoms with Crippen LogP contribution in [0.25, 0.3) is 0 Å². The van der Waals surface area contributed by atoms with E-state index in [0.717, 1.165) is 17.6 Å². The molecule has 3 fully saturated rings. The normalized spacial score (nSPS) is 28.5. The maximum Gasteiger partial charge on any atom is 0.207 e. The highest BCUT2D eigenvalue weighted by atomic mass is 15.3. The minimum Gasteiger partial charge on any atom is -0.326 e. The lowest BCUT2D eigenvalue weighted by Crippen LogP contribution is -2.48. The van der Waals surface area contributed by atoms with Gasteiger partial charge in [0, 0.05) is 24.6 Å². The molecule has 1 aromatic heterocycles. The van der Waals surface area contributed by atoms with Gasteiger partial charge in [0.25, 0.3) is 0 Å². The van der Waals surface area contributed by atoms with E-state index in [9.17, 15) is 0 Å². The van der Waals surface area contributed by atoms with E-state index < -0.39 is 0 Å². The quantitative estimate of drug-likeness (QED) is 0.929. The third kappa shape index (κ3) is 2.10. The Bertz CT molecular complexity index is 569. The van der Waals surface area contributed by atoms with Crippen molar-refractivity contribution in [2.45, 2.75) is 18.9 Å². The van der Waals surface area contributed by atoms with E-state index in [1.54, 1.807) is 0 Å². The lowest BCUT2D eigenvalue weighted by atomic mass is 9.84. The number of imidazole rings is 1. The standard InChI is InChI=1S/C16H20N4/c1-2-4-14(5-3-1)18-16-17-8-11-20(16)15-12-19-9-6-13(15)7-10-19/h1-5,8,11,13,15H,6-7,9-10,12H2,(H,17,18). The second-order valence-electron chi connectivity index (χ2n) is 5.85. The van der Waals surface area contributed by atoms with Gasteiger partial charge in [0.05, 0.1) is 6.04 Å². The Morgan fingerprint density at radius 1 is 1.10 bits per heavy atom. The summed E-state index contributed by atoms with van der Waals surface area (Å²) in [7, 11) is 0. The van der Waals surface area contributed by atoms with Gasteiger partial charge in [0.2, 0.25) is 5.95 Å². The number of rotatable bonds is 3. The number of piperidine rings is 3. The largest absolute Gasteiger partial charge is 0.326 e. The van der Waals surface area contributed by atoms with E-state index in [1.165, 1.54) is 32.5 Å². The number of benzene rings is 1. The molecule has 0 amide bonds. The first-order chi connectivity index (χ1) is 9.90. The molecule has 20 heavy (non-hydrogen) atoms. The third-order valence-corrected chi connectivity index (χ3v) is 4.68. The van der Waals surface area contributed by atoms with Crippen molar-refractivity contribution in [3.63, 3.8) is 0 Å². The van der Waals surface area contributed by atoms with Crippen LogP contribution in [0.1, 0.15) is 18.9 Å². The van der Waals surface area contributed by atoms with Gasteiger partial charge in [-0.25, -0.2) is 4.98 Å². The van der Waals surface area contributed by atoms with Crippen LogP contribution in [0.5, 0.6) is 0 Å². The Hall–Kier alpha value is -1.81. The number of hydrogen-bond acceptors (Lipinski definition) is 3. The average Bonchev–Trinajstić information content (AvgIpc) is 2.97. The van der Waals surface area contributed by atoms with Gasteiger partial charge in [-0.3, -0.25) is 0 Å². The monoisotopic (exact) mass is 268 g/mol. The molecular formula is C16H20N4. The lowest BCUT2D eigenvalue weighted by Gasteiger charge is -2.45. The van der Waals surface area contributed by atoms with Crippen molar-refractivity contribution in [1.82, 2.24) is 14.5 Å². The zero-order valence-corrected chi connectivity index (χ0v) is 11.6. The minimum absolute atomic E-state index is 0.575. The van der Waals surface area contributed by atoms with Crippen LogP contribution in [0.2, 0.25) is 0 Å². The zero-order chi connectivity index (χ0) is 13.4. The number of para-hydroxylation sites is 1. The summed E-state index contributed by atoms with van der Waals surface area (Å²) >= 11 is 0. The van der Waals surface area contributed by atoms with Crippen LogP contribution in [0.15, 0.2) is 42.7 Å². The first-order valence-corrected chi connectivity index (χ1v) is 7.47. The van der Waals surface area contributed by atoms with Gasteiger partial charge in [0.15, 0.2) is 0 Å². The molecule has 1 N–H and O–H groups in total. The molecule has 3 aliphatic rings. The topological polar surface area (TPSA) is 33.1 Å².